The van der Waals surface area contributed by atoms with Crippen molar-refractivity contribution >= 4 is 17.9 Å². The first-order chi connectivity index (χ1) is 16.5. The van der Waals surface area contributed by atoms with Crippen LogP contribution in [0.1, 0.15) is 64.9 Å². The van der Waals surface area contributed by atoms with Gasteiger partial charge >= 0.3 is 6.09 Å². The van der Waals surface area contributed by atoms with Crippen LogP contribution >= 0.6 is 0 Å². The number of amides is 3. The number of nitrogens with one attached hydrogen (secondary N) is 3. The Morgan fingerprint density at radius 1 is 1.06 bits per heavy atom. The fourth-order valence-electron chi connectivity index (χ4n) is 3.25. The molecule has 0 aliphatic carbocycles. The fourth-order valence-corrected chi connectivity index (χ4v) is 3.25. The Labute approximate surface area is 208 Å². The molecule has 35 heavy (non-hydrogen) atoms. The van der Waals surface area contributed by atoms with Crippen LogP contribution in [0.5, 0.6) is 0 Å². The zero-order valence-electron chi connectivity index (χ0n) is 20.9. The molecule has 0 aliphatic rings. The van der Waals surface area contributed by atoms with E-state index in [9.17, 15) is 24.6 Å². The molecule has 0 aliphatic heterocycles. The molecule has 9 heteroatoms. The number of alkyl carbamates (subject to hydrolysis) is 1. The summed E-state index contributed by atoms with van der Waals surface area (Å²) in [7, 11) is 0. The molecule has 5 N–H and O–H groups in total. The lowest BCUT2D eigenvalue weighted by molar-refractivity contribution is -0.132. The first-order valence-corrected chi connectivity index (χ1v) is 11.9. The highest BCUT2D eigenvalue weighted by Crippen LogP contribution is 2.09. The van der Waals surface area contributed by atoms with Gasteiger partial charge in [-0.2, -0.15) is 0 Å². The summed E-state index contributed by atoms with van der Waals surface area (Å²) in [4.78, 5) is 37.0. The van der Waals surface area contributed by atoms with Crippen LogP contribution in [0.2, 0.25) is 0 Å². The number of carbonyl (C=O) groups is 3. The van der Waals surface area contributed by atoms with E-state index in [0.717, 1.165) is 5.56 Å². The zero-order valence-corrected chi connectivity index (χ0v) is 20.9. The molecular weight excluding hydrogens is 450 g/mol. The van der Waals surface area contributed by atoms with Gasteiger partial charge in [-0.15, -0.1) is 12.3 Å². The number of rotatable bonds is 14. The molecule has 0 saturated heterocycles. The van der Waals surface area contributed by atoms with Crippen LogP contribution in [0.25, 0.3) is 0 Å². The Hall–Kier alpha value is -3.09. The van der Waals surface area contributed by atoms with Gasteiger partial charge in [-0.25, -0.2) is 4.79 Å². The van der Waals surface area contributed by atoms with Crippen LogP contribution in [0.4, 0.5) is 4.79 Å². The van der Waals surface area contributed by atoms with Crippen molar-refractivity contribution in [1.82, 2.24) is 16.0 Å². The zero-order chi connectivity index (χ0) is 26.3. The minimum atomic E-state index is -1.78. The van der Waals surface area contributed by atoms with Crippen LogP contribution in [0.3, 0.4) is 0 Å². The second kappa shape index (κ2) is 15.7. The lowest BCUT2D eigenvalue weighted by Gasteiger charge is -2.25. The number of aliphatic hydroxyl groups is 2. The number of hydrogen-bond acceptors (Lipinski definition) is 6. The maximum Gasteiger partial charge on any atom is 0.407 e. The minimum absolute atomic E-state index is 0.194. The van der Waals surface area contributed by atoms with Crippen LogP contribution in [-0.2, 0) is 20.7 Å². The number of aliphatic hydroxyl groups excluding tert-OH is 1. The highest BCUT2D eigenvalue weighted by Gasteiger charge is 2.26. The van der Waals surface area contributed by atoms with Crippen LogP contribution < -0.4 is 16.0 Å². The average Bonchev–Trinajstić information content (AvgIpc) is 2.77. The average molecular weight is 490 g/mol. The van der Waals surface area contributed by atoms with E-state index < -0.39 is 36.0 Å². The highest BCUT2D eigenvalue weighted by molar-refractivity contribution is 5.88. The molecule has 1 aromatic carbocycles. The number of ether oxygens (including phenoxy) is 1. The van der Waals surface area contributed by atoms with Gasteiger partial charge in [0.2, 0.25) is 11.8 Å². The van der Waals surface area contributed by atoms with Crippen molar-refractivity contribution in [2.75, 3.05) is 6.54 Å². The van der Waals surface area contributed by atoms with E-state index in [1.807, 2.05) is 30.3 Å². The normalized spacial score (nSPS) is 12.8. The lowest BCUT2D eigenvalue weighted by atomic mass is 10.0. The maximum atomic E-state index is 13.0. The highest BCUT2D eigenvalue weighted by atomic mass is 16.6. The van der Waals surface area contributed by atoms with Gasteiger partial charge in [0.25, 0.3) is 0 Å². The summed E-state index contributed by atoms with van der Waals surface area (Å²) < 4.78 is 5.16. The third kappa shape index (κ3) is 14.0. The summed E-state index contributed by atoms with van der Waals surface area (Å²) in [6.45, 7) is 5.66. The van der Waals surface area contributed by atoms with Crippen molar-refractivity contribution in [3.63, 3.8) is 0 Å². The monoisotopic (exact) mass is 489 g/mol. The summed E-state index contributed by atoms with van der Waals surface area (Å²) in [6.07, 6.45) is 5.69. The van der Waals surface area contributed by atoms with E-state index >= 15 is 0 Å². The van der Waals surface area contributed by atoms with E-state index in [1.54, 1.807) is 20.8 Å². The van der Waals surface area contributed by atoms with Gasteiger partial charge in [0.05, 0.1) is 6.04 Å². The number of hydrogen-bond donors (Lipinski definition) is 5. The summed E-state index contributed by atoms with van der Waals surface area (Å²) in [5, 5.41) is 27.6. The van der Waals surface area contributed by atoms with Crippen LogP contribution in [0, 0.1) is 12.3 Å². The van der Waals surface area contributed by atoms with E-state index in [1.165, 1.54) is 0 Å². The molecule has 0 saturated carbocycles. The molecular formula is C26H39N3O6. The predicted octanol–water partition coefficient (Wildman–Crippen LogP) is 2.01. The van der Waals surface area contributed by atoms with Crippen molar-refractivity contribution < 1.29 is 29.3 Å². The maximum absolute atomic E-state index is 13.0. The first kappa shape index (κ1) is 29.9. The summed E-state index contributed by atoms with van der Waals surface area (Å²) >= 11 is 0. The Bertz CT molecular complexity index is 830. The van der Waals surface area contributed by atoms with Crippen LogP contribution in [-0.4, -0.2) is 58.6 Å². The Balaban J connectivity index is 2.65. The van der Waals surface area contributed by atoms with Crippen molar-refractivity contribution in [1.29, 1.82) is 0 Å². The lowest BCUT2D eigenvalue weighted by Crippen LogP contribution is -2.53. The van der Waals surface area contributed by atoms with Gasteiger partial charge in [0, 0.05) is 25.8 Å². The number of terminal acetylenes is 1. The van der Waals surface area contributed by atoms with Gasteiger partial charge in [-0.3, -0.25) is 9.59 Å². The Morgan fingerprint density at radius 3 is 2.34 bits per heavy atom. The standard InChI is InChI=1S/C26H39N3O6/c1-5-6-8-16-22(30)28-21(18-19-13-9-7-10-14-19)23(31)29-20(24(32)33)15-11-12-17-27-25(34)35-26(2,3)4/h1,7,9-10,13-14,20-21,24,32-33H,6,8,11-12,15-18H2,2-4H3,(H,27,34)(H,28,30)(H,29,31)/t20-,21+/m0/s1. The molecule has 0 radical (unpaired) electrons. The quantitative estimate of drug-likeness (QED) is 0.154. The van der Waals surface area contributed by atoms with E-state index in [0.29, 0.717) is 32.2 Å². The van der Waals surface area contributed by atoms with Crippen molar-refractivity contribution in [2.45, 2.75) is 89.7 Å². The molecule has 0 bridgehead atoms. The molecule has 0 fully saturated rings. The SMILES string of the molecule is C#CCCCC(=O)N[C@H](Cc1ccccc1)C(=O)N[C@@H](CCCCNC(=O)OC(C)(C)C)C(O)O. The molecule has 3 amide bonds. The molecule has 0 spiro atoms. The van der Waals surface area contributed by atoms with Gasteiger partial charge in [0.15, 0.2) is 6.29 Å². The Kier molecular flexibility index (Phi) is 13.5. The second-order valence-electron chi connectivity index (χ2n) is 9.32. The third-order valence-corrected chi connectivity index (χ3v) is 4.96. The van der Waals surface area contributed by atoms with E-state index in [4.69, 9.17) is 11.2 Å². The van der Waals surface area contributed by atoms with Crippen molar-refractivity contribution in [3.05, 3.63) is 35.9 Å². The summed E-state index contributed by atoms with van der Waals surface area (Å²) in [5.74, 6) is 1.67. The predicted molar refractivity (Wildman–Crippen MR) is 133 cm³/mol. The number of unbranched alkanes of at least 4 members (excludes halogenated alkanes) is 2. The van der Waals surface area contributed by atoms with Crippen LogP contribution in [0.15, 0.2) is 30.3 Å². The molecule has 0 aromatic heterocycles. The smallest absolute Gasteiger partial charge is 0.407 e. The topological polar surface area (TPSA) is 137 Å². The van der Waals surface area contributed by atoms with Gasteiger partial charge in [0.1, 0.15) is 11.6 Å². The van der Waals surface area contributed by atoms with Crippen molar-refractivity contribution in [3.8, 4) is 12.3 Å². The van der Waals surface area contributed by atoms with Gasteiger partial charge in [-0.05, 0) is 52.0 Å². The third-order valence-electron chi connectivity index (χ3n) is 4.96. The number of benzene rings is 1. The number of carbonyl (C=O) groups excluding carboxylic acids is 3. The fraction of sp³-hybridized carbons (Fsp3) is 0.577. The largest absolute Gasteiger partial charge is 0.444 e. The molecule has 2 atom stereocenters. The molecule has 1 rings (SSSR count). The molecule has 0 heterocycles. The van der Waals surface area contributed by atoms with E-state index in [2.05, 4.69) is 21.9 Å². The second-order valence-corrected chi connectivity index (χ2v) is 9.32. The van der Waals surface area contributed by atoms with Gasteiger partial charge < -0.3 is 30.9 Å². The Morgan fingerprint density at radius 2 is 1.74 bits per heavy atom. The van der Waals surface area contributed by atoms with Crippen molar-refractivity contribution in [2.24, 2.45) is 0 Å². The van der Waals surface area contributed by atoms with Gasteiger partial charge in [-0.1, -0.05) is 30.3 Å². The summed E-state index contributed by atoms with van der Waals surface area (Å²) in [5.41, 5.74) is 0.263. The minimum Gasteiger partial charge on any atom is -0.444 e. The van der Waals surface area contributed by atoms with E-state index in [-0.39, 0.29) is 25.2 Å². The summed E-state index contributed by atoms with van der Waals surface area (Å²) in [6, 6.07) is 7.41. The molecule has 9 nitrogen and oxygen atoms in total. The molecule has 0 unspecified atom stereocenters. The molecule has 1 aromatic rings. The first-order valence-electron chi connectivity index (χ1n) is 11.9. The molecule has 194 valence electrons.